The van der Waals surface area contributed by atoms with Crippen molar-refractivity contribution in [2.24, 2.45) is 0 Å². The van der Waals surface area contributed by atoms with E-state index in [1.165, 1.54) is 6.92 Å². The van der Waals surface area contributed by atoms with Crippen LogP contribution in [0.25, 0.3) is 0 Å². The molecule has 1 aromatic rings. The number of hydrogen-bond donors (Lipinski definition) is 3. The minimum Gasteiger partial charge on any atom is -0.385 e. The Morgan fingerprint density at radius 2 is 1.94 bits per heavy atom. The normalized spacial score (nSPS) is 9.67. The van der Waals surface area contributed by atoms with Gasteiger partial charge in [-0.3, -0.25) is 9.59 Å². The maximum Gasteiger partial charge on any atom is 0.221 e. The highest BCUT2D eigenvalue weighted by Crippen LogP contribution is 2.14. The SMILES string of the molecule is CNC(=O)CCCNc1cccc(NC(C)=O)c1. The van der Waals surface area contributed by atoms with Gasteiger partial charge in [0.2, 0.25) is 11.8 Å². The highest BCUT2D eigenvalue weighted by molar-refractivity contribution is 5.89. The summed E-state index contributed by atoms with van der Waals surface area (Å²) >= 11 is 0. The topological polar surface area (TPSA) is 70.2 Å². The van der Waals surface area contributed by atoms with Crippen molar-refractivity contribution in [1.29, 1.82) is 0 Å². The fourth-order valence-corrected chi connectivity index (χ4v) is 1.52. The van der Waals surface area contributed by atoms with Crippen LogP contribution in [0.4, 0.5) is 11.4 Å². The molecule has 0 aliphatic rings. The quantitative estimate of drug-likeness (QED) is 0.670. The van der Waals surface area contributed by atoms with Crippen molar-refractivity contribution in [3.05, 3.63) is 24.3 Å². The van der Waals surface area contributed by atoms with E-state index in [2.05, 4.69) is 16.0 Å². The van der Waals surface area contributed by atoms with Crippen LogP contribution < -0.4 is 16.0 Å². The number of anilines is 2. The molecule has 0 saturated heterocycles. The molecule has 98 valence electrons. The molecule has 0 unspecified atom stereocenters. The minimum absolute atomic E-state index is 0.0452. The smallest absolute Gasteiger partial charge is 0.221 e. The Labute approximate surface area is 107 Å². The Balaban J connectivity index is 2.38. The molecule has 5 heteroatoms. The van der Waals surface area contributed by atoms with Gasteiger partial charge in [-0.15, -0.1) is 0 Å². The second-order valence-electron chi connectivity index (χ2n) is 3.97. The van der Waals surface area contributed by atoms with E-state index in [0.29, 0.717) is 6.42 Å². The second-order valence-corrected chi connectivity index (χ2v) is 3.97. The first kappa shape index (κ1) is 14.0. The fourth-order valence-electron chi connectivity index (χ4n) is 1.52. The summed E-state index contributed by atoms with van der Waals surface area (Å²) in [6.07, 6.45) is 1.28. The van der Waals surface area contributed by atoms with Gasteiger partial charge in [-0.25, -0.2) is 0 Å². The minimum atomic E-state index is -0.0910. The molecule has 3 N–H and O–H groups in total. The van der Waals surface area contributed by atoms with Crippen molar-refractivity contribution < 1.29 is 9.59 Å². The number of carbonyl (C=O) groups is 2. The number of nitrogens with one attached hydrogen (secondary N) is 3. The molecule has 0 atom stereocenters. The van der Waals surface area contributed by atoms with Gasteiger partial charge in [-0.05, 0) is 24.6 Å². The lowest BCUT2D eigenvalue weighted by Crippen LogP contribution is -2.18. The first-order valence-corrected chi connectivity index (χ1v) is 5.94. The van der Waals surface area contributed by atoms with E-state index in [4.69, 9.17) is 0 Å². The van der Waals surface area contributed by atoms with Gasteiger partial charge in [-0.1, -0.05) is 6.07 Å². The van der Waals surface area contributed by atoms with E-state index in [9.17, 15) is 9.59 Å². The van der Waals surface area contributed by atoms with Crippen molar-refractivity contribution in [1.82, 2.24) is 5.32 Å². The van der Waals surface area contributed by atoms with Gasteiger partial charge in [0.25, 0.3) is 0 Å². The summed E-state index contributed by atoms with van der Waals surface area (Å²) in [6.45, 7) is 2.19. The van der Waals surface area contributed by atoms with E-state index >= 15 is 0 Å². The zero-order valence-corrected chi connectivity index (χ0v) is 10.7. The number of carbonyl (C=O) groups excluding carboxylic acids is 2. The number of rotatable bonds is 6. The van der Waals surface area contributed by atoms with Crippen LogP contribution >= 0.6 is 0 Å². The molecular weight excluding hydrogens is 230 g/mol. The average Bonchev–Trinajstić information content (AvgIpc) is 2.34. The predicted octanol–water partition coefficient (Wildman–Crippen LogP) is 1.58. The van der Waals surface area contributed by atoms with Crippen LogP contribution in [0.15, 0.2) is 24.3 Å². The first-order chi connectivity index (χ1) is 8.61. The molecule has 18 heavy (non-hydrogen) atoms. The van der Waals surface area contributed by atoms with Gasteiger partial charge < -0.3 is 16.0 Å². The molecule has 5 nitrogen and oxygen atoms in total. The van der Waals surface area contributed by atoms with Gasteiger partial charge in [0.05, 0.1) is 0 Å². The largest absolute Gasteiger partial charge is 0.385 e. The number of hydrogen-bond acceptors (Lipinski definition) is 3. The second kappa shape index (κ2) is 7.32. The molecule has 1 rings (SSSR count). The molecule has 1 aromatic carbocycles. The van der Waals surface area contributed by atoms with E-state index in [-0.39, 0.29) is 11.8 Å². The van der Waals surface area contributed by atoms with Crippen molar-refractivity contribution >= 4 is 23.2 Å². The van der Waals surface area contributed by atoms with Crippen LogP contribution in [0, 0.1) is 0 Å². The number of benzene rings is 1. The lowest BCUT2D eigenvalue weighted by Gasteiger charge is -2.08. The number of amides is 2. The van der Waals surface area contributed by atoms with E-state index in [0.717, 1.165) is 24.3 Å². The van der Waals surface area contributed by atoms with Gasteiger partial charge in [0.15, 0.2) is 0 Å². The highest BCUT2D eigenvalue weighted by atomic mass is 16.2. The first-order valence-electron chi connectivity index (χ1n) is 5.94. The van der Waals surface area contributed by atoms with Crippen LogP contribution in [0.1, 0.15) is 19.8 Å². The summed E-state index contributed by atoms with van der Waals surface area (Å²) in [5.74, 6) is -0.0458. The standard InChI is InChI=1S/C13H19N3O2/c1-10(17)16-12-6-3-5-11(9-12)15-8-4-7-13(18)14-2/h3,5-6,9,15H,4,7-8H2,1-2H3,(H,14,18)(H,16,17). The van der Waals surface area contributed by atoms with E-state index in [1.807, 2.05) is 24.3 Å². The molecule has 0 aromatic heterocycles. The van der Waals surface area contributed by atoms with Crippen LogP contribution in [-0.4, -0.2) is 25.4 Å². The lowest BCUT2D eigenvalue weighted by atomic mass is 10.2. The summed E-state index contributed by atoms with van der Waals surface area (Å²) in [6, 6.07) is 7.48. The van der Waals surface area contributed by atoms with Crippen LogP contribution in [-0.2, 0) is 9.59 Å². The zero-order chi connectivity index (χ0) is 13.4. The Bertz CT molecular complexity index is 418. The molecular formula is C13H19N3O2. The molecule has 0 fully saturated rings. The van der Waals surface area contributed by atoms with Gasteiger partial charge in [-0.2, -0.15) is 0 Å². The maximum atomic E-state index is 11.0. The van der Waals surface area contributed by atoms with Crippen molar-refractivity contribution in [2.75, 3.05) is 24.2 Å². The summed E-state index contributed by atoms with van der Waals surface area (Å²) in [5, 5.41) is 8.51. The molecule has 2 amide bonds. The summed E-state index contributed by atoms with van der Waals surface area (Å²) in [4.78, 5) is 21.9. The fraction of sp³-hybridized carbons (Fsp3) is 0.385. The highest BCUT2D eigenvalue weighted by Gasteiger charge is 1.99. The lowest BCUT2D eigenvalue weighted by molar-refractivity contribution is -0.120. The van der Waals surface area contributed by atoms with Crippen molar-refractivity contribution in [3.63, 3.8) is 0 Å². The van der Waals surface area contributed by atoms with Crippen molar-refractivity contribution in [2.45, 2.75) is 19.8 Å². The van der Waals surface area contributed by atoms with E-state index in [1.54, 1.807) is 7.05 Å². The average molecular weight is 249 g/mol. The zero-order valence-electron chi connectivity index (χ0n) is 10.7. The van der Waals surface area contributed by atoms with E-state index < -0.39 is 0 Å². The Morgan fingerprint density at radius 1 is 1.22 bits per heavy atom. The molecule has 0 heterocycles. The van der Waals surface area contributed by atoms with Gasteiger partial charge in [0.1, 0.15) is 0 Å². The molecule has 0 spiro atoms. The summed E-state index contributed by atoms with van der Waals surface area (Å²) in [7, 11) is 1.63. The Kier molecular flexibility index (Phi) is 5.70. The Morgan fingerprint density at radius 3 is 2.61 bits per heavy atom. The molecule has 0 aliphatic carbocycles. The summed E-state index contributed by atoms with van der Waals surface area (Å²) in [5.41, 5.74) is 1.69. The van der Waals surface area contributed by atoms with Crippen LogP contribution in [0.2, 0.25) is 0 Å². The third kappa shape index (κ3) is 5.34. The third-order valence-electron chi connectivity index (χ3n) is 2.37. The van der Waals surface area contributed by atoms with Gasteiger partial charge in [0, 0.05) is 38.3 Å². The van der Waals surface area contributed by atoms with Crippen LogP contribution in [0.3, 0.4) is 0 Å². The van der Waals surface area contributed by atoms with Crippen LogP contribution in [0.5, 0.6) is 0 Å². The molecule has 0 bridgehead atoms. The maximum absolute atomic E-state index is 11.0. The molecule has 0 saturated carbocycles. The van der Waals surface area contributed by atoms with Gasteiger partial charge >= 0.3 is 0 Å². The van der Waals surface area contributed by atoms with Crippen molar-refractivity contribution in [3.8, 4) is 0 Å². The molecule has 0 aliphatic heterocycles. The predicted molar refractivity (Wildman–Crippen MR) is 72.5 cm³/mol. The summed E-state index contributed by atoms with van der Waals surface area (Å²) < 4.78 is 0. The Hall–Kier alpha value is -2.04. The monoisotopic (exact) mass is 249 g/mol. The third-order valence-corrected chi connectivity index (χ3v) is 2.37. The molecule has 0 radical (unpaired) electrons.